The van der Waals surface area contributed by atoms with Crippen LogP contribution in [-0.2, 0) is 0 Å². The van der Waals surface area contributed by atoms with Crippen LogP contribution in [0.3, 0.4) is 0 Å². The predicted molar refractivity (Wildman–Crippen MR) is 55.8 cm³/mol. The first-order chi connectivity index (χ1) is 6.31. The summed E-state index contributed by atoms with van der Waals surface area (Å²) < 4.78 is 0. The number of hydrogen-bond acceptors (Lipinski definition) is 3. The molecule has 0 amide bonds. The normalized spacial score (nSPS) is 15.3. The number of carbonyl (C=O) groups excluding carboxylic acids is 1. The molecule has 0 atom stereocenters. The van der Waals surface area contributed by atoms with E-state index in [9.17, 15) is 4.79 Å². The van der Waals surface area contributed by atoms with E-state index in [4.69, 9.17) is 0 Å². The van der Waals surface area contributed by atoms with E-state index in [1.807, 2.05) is 30.0 Å². The molecule has 0 saturated heterocycles. The van der Waals surface area contributed by atoms with Crippen molar-refractivity contribution in [2.75, 3.05) is 24.2 Å². The quantitative estimate of drug-likeness (QED) is 0.637. The van der Waals surface area contributed by atoms with E-state index in [0.717, 1.165) is 24.1 Å². The minimum Gasteiger partial charge on any atom is -0.373 e. The maximum absolute atomic E-state index is 10.6. The van der Waals surface area contributed by atoms with Crippen LogP contribution in [-0.4, -0.2) is 25.6 Å². The molecular weight excluding hydrogens is 182 g/mol. The van der Waals surface area contributed by atoms with Crippen molar-refractivity contribution in [2.45, 2.75) is 4.90 Å². The van der Waals surface area contributed by atoms with Crippen LogP contribution in [0.15, 0.2) is 23.1 Å². The summed E-state index contributed by atoms with van der Waals surface area (Å²) in [5.74, 6) is 1.10. The lowest BCUT2D eigenvalue weighted by molar-refractivity contribution is 0.112. The molecule has 2 rings (SSSR count). The smallest absolute Gasteiger partial charge is 0.150 e. The molecule has 2 nitrogen and oxygen atoms in total. The number of thioether (sulfide) groups is 1. The van der Waals surface area contributed by atoms with Crippen LogP contribution in [0.2, 0.25) is 0 Å². The number of fused-ring (bicyclic) bond motifs is 1. The molecule has 0 unspecified atom stereocenters. The summed E-state index contributed by atoms with van der Waals surface area (Å²) in [6.45, 7) is 1.08. The summed E-state index contributed by atoms with van der Waals surface area (Å²) >= 11 is 1.82. The number of carbonyl (C=O) groups is 1. The Kier molecular flexibility index (Phi) is 2.27. The zero-order valence-electron chi connectivity index (χ0n) is 7.49. The average molecular weight is 193 g/mol. The van der Waals surface area contributed by atoms with Crippen LogP contribution >= 0.6 is 11.8 Å². The summed E-state index contributed by atoms with van der Waals surface area (Å²) in [6, 6.07) is 5.85. The molecule has 13 heavy (non-hydrogen) atoms. The van der Waals surface area contributed by atoms with E-state index >= 15 is 0 Å². The van der Waals surface area contributed by atoms with Crippen LogP contribution in [0.25, 0.3) is 0 Å². The van der Waals surface area contributed by atoms with Crippen molar-refractivity contribution < 1.29 is 4.79 Å². The van der Waals surface area contributed by atoms with Crippen LogP contribution < -0.4 is 4.90 Å². The number of rotatable bonds is 1. The van der Waals surface area contributed by atoms with Crippen molar-refractivity contribution in [3.05, 3.63) is 23.8 Å². The van der Waals surface area contributed by atoms with E-state index in [-0.39, 0.29) is 0 Å². The Balaban J connectivity index is 2.45. The zero-order valence-corrected chi connectivity index (χ0v) is 8.30. The molecule has 0 radical (unpaired) electrons. The van der Waals surface area contributed by atoms with Crippen LogP contribution in [0.1, 0.15) is 10.4 Å². The highest BCUT2D eigenvalue weighted by molar-refractivity contribution is 7.99. The Morgan fingerprint density at radius 3 is 3.15 bits per heavy atom. The highest BCUT2D eigenvalue weighted by Crippen LogP contribution is 2.33. The topological polar surface area (TPSA) is 20.3 Å². The lowest BCUT2D eigenvalue weighted by Gasteiger charge is -2.26. The second-order valence-electron chi connectivity index (χ2n) is 3.12. The molecule has 0 bridgehead atoms. The fourth-order valence-electron chi connectivity index (χ4n) is 1.45. The third-order valence-corrected chi connectivity index (χ3v) is 3.24. The molecule has 0 aromatic heterocycles. The molecule has 1 aliphatic heterocycles. The molecule has 0 aliphatic carbocycles. The van der Waals surface area contributed by atoms with Gasteiger partial charge in [-0.25, -0.2) is 0 Å². The molecular formula is C10H11NOS. The molecule has 0 N–H and O–H groups in total. The van der Waals surface area contributed by atoms with Gasteiger partial charge < -0.3 is 4.90 Å². The molecule has 3 heteroatoms. The molecule has 1 aromatic carbocycles. The van der Waals surface area contributed by atoms with Gasteiger partial charge in [-0.3, -0.25) is 4.79 Å². The first-order valence-electron chi connectivity index (χ1n) is 4.24. The maximum Gasteiger partial charge on any atom is 0.150 e. The third-order valence-electron chi connectivity index (χ3n) is 2.22. The Hall–Kier alpha value is -0.960. The van der Waals surface area contributed by atoms with Gasteiger partial charge in [-0.05, 0) is 18.2 Å². The van der Waals surface area contributed by atoms with Crippen molar-refractivity contribution in [1.29, 1.82) is 0 Å². The fraction of sp³-hybridized carbons (Fsp3) is 0.300. The van der Waals surface area contributed by atoms with Gasteiger partial charge in [-0.1, -0.05) is 0 Å². The van der Waals surface area contributed by atoms with Crippen LogP contribution in [0.5, 0.6) is 0 Å². The predicted octanol–water partition coefficient (Wildman–Crippen LogP) is 2.04. The molecule has 0 fully saturated rings. The van der Waals surface area contributed by atoms with Crippen molar-refractivity contribution in [3.63, 3.8) is 0 Å². The summed E-state index contributed by atoms with van der Waals surface area (Å²) in [5, 5.41) is 0. The van der Waals surface area contributed by atoms with Gasteiger partial charge >= 0.3 is 0 Å². The van der Waals surface area contributed by atoms with Gasteiger partial charge in [0.05, 0.1) is 5.69 Å². The molecule has 0 saturated carbocycles. The Bertz CT molecular complexity index is 338. The summed E-state index contributed by atoms with van der Waals surface area (Å²) in [6.07, 6.45) is 0.898. The van der Waals surface area contributed by atoms with Gasteiger partial charge in [0.25, 0.3) is 0 Å². The van der Waals surface area contributed by atoms with Gasteiger partial charge in [0.1, 0.15) is 6.29 Å². The standard InChI is InChI=1S/C10H11NOS/c1-11-4-5-13-10-6-8(7-12)2-3-9(10)11/h2-3,6-7H,4-5H2,1H3. The first-order valence-corrected chi connectivity index (χ1v) is 5.23. The van der Waals surface area contributed by atoms with Gasteiger partial charge in [-0.15, -0.1) is 11.8 Å². The monoisotopic (exact) mass is 193 g/mol. The Morgan fingerprint density at radius 2 is 2.38 bits per heavy atom. The van der Waals surface area contributed by atoms with E-state index < -0.39 is 0 Å². The van der Waals surface area contributed by atoms with E-state index in [2.05, 4.69) is 11.9 Å². The second kappa shape index (κ2) is 3.42. The second-order valence-corrected chi connectivity index (χ2v) is 4.25. The number of aldehydes is 1. The van der Waals surface area contributed by atoms with Gasteiger partial charge in [0.15, 0.2) is 0 Å². The zero-order chi connectivity index (χ0) is 9.26. The van der Waals surface area contributed by atoms with Gasteiger partial charge in [0, 0.05) is 29.8 Å². The van der Waals surface area contributed by atoms with E-state index in [1.54, 1.807) is 0 Å². The molecule has 1 heterocycles. The van der Waals surface area contributed by atoms with Crippen molar-refractivity contribution in [3.8, 4) is 0 Å². The molecule has 0 spiro atoms. The molecule has 68 valence electrons. The van der Waals surface area contributed by atoms with Crippen molar-refractivity contribution in [1.82, 2.24) is 0 Å². The van der Waals surface area contributed by atoms with E-state index in [0.29, 0.717) is 0 Å². The largest absolute Gasteiger partial charge is 0.373 e. The molecule has 1 aromatic rings. The highest BCUT2D eigenvalue weighted by atomic mass is 32.2. The number of nitrogens with zero attached hydrogens (tertiary/aromatic N) is 1. The first kappa shape index (κ1) is 8.63. The average Bonchev–Trinajstić information content (AvgIpc) is 2.18. The summed E-state index contributed by atoms with van der Waals surface area (Å²) in [5.41, 5.74) is 2.00. The van der Waals surface area contributed by atoms with Crippen molar-refractivity contribution >= 4 is 23.7 Å². The number of anilines is 1. The number of benzene rings is 1. The van der Waals surface area contributed by atoms with E-state index in [1.165, 1.54) is 10.6 Å². The summed E-state index contributed by atoms with van der Waals surface area (Å²) in [7, 11) is 2.08. The number of hydrogen-bond donors (Lipinski definition) is 0. The Morgan fingerprint density at radius 1 is 1.54 bits per heavy atom. The molecule has 1 aliphatic rings. The third kappa shape index (κ3) is 1.56. The minimum absolute atomic E-state index is 0.765. The van der Waals surface area contributed by atoms with Crippen LogP contribution in [0, 0.1) is 0 Å². The highest BCUT2D eigenvalue weighted by Gasteiger charge is 2.13. The minimum atomic E-state index is 0.765. The lowest BCUT2D eigenvalue weighted by atomic mass is 10.2. The lowest BCUT2D eigenvalue weighted by Crippen LogP contribution is -2.24. The summed E-state index contributed by atoms with van der Waals surface area (Å²) in [4.78, 5) is 14.0. The van der Waals surface area contributed by atoms with Gasteiger partial charge in [-0.2, -0.15) is 0 Å². The van der Waals surface area contributed by atoms with Crippen molar-refractivity contribution in [2.24, 2.45) is 0 Å². The Labute approximate surface area is 81.9 Å². The van der Waals surface area contributed by atoms with Gasteiger partial charge in [0.2, 0.25) is 0 Å². The van der Waals surface area contributed by atoms with Crippen LogP contribution in [0.4, 0.5) is 5.69 Å². The maximum atomic E-state index is 10.6. The fourth-order valence-corrected chi connectivity index (χ4v) is 2.62. The SMILES string of the molecule is CN1CCSc2cc(C=O)ccc21.